The molecule has 0 saturated carbocycles. The van der Waals surface area contributed by atoms with E-state index in [9.17, 15) is 4.79 Å². The van der Waals surface area contributed by atoms with Crippen molar-refractivity contribution in [2.45, 2.75) is 17.5 Å². The molecule has 0 aromatic heterocycles. The predicted octanol–water partition coefficient (Wildman–Crippen LogP) is 1.96. The van der Waals surface area contributed by atoms with Crippen LogP contribution in [0.4, 0.5) is 0 Å². The van der Waals surface area contributed by atoms with Crippen molar-refractivity contribution < 1.29 is 19.0 Å². The second kappa shape index (κ2) is 5.61. The van der Waals surface area contributed by atoms with Gasteiger partial charge in [-0.25, -0.2) is 0 Å². The molecule has 1 amide bonds. The summed E-state index contributed by atoms with van der Waals surface area (Å²) in [5, 5.41) is 2.79. The van der Waals surface area contributed by atoms with Gasteiger partial charge in [-0.05, 0) is 24.6 Å². The number of methoxy groups -OCH3 is 3. The fourth-order valence-corrected chi connectivity index (χ4v) is 3.04. The van der Waals surface area contributed by atoms with Crippen molar-refractivity contribution in [3.05, 3.63) is 17.7 Å². The number of hydrogen-bond acceptors (Lipinski definition) is 5. The summed E-state index contributed by atoms with van der Waals surface area (Å²) in [6, 6.07) is 3.72. The molecule has 104 valence electrons. The number of thioether (sulfide) groups is 1. The largest absolute Gasteiger partial charge is 0.493 e. The number of hydrogen-bond donors (Lipinski definition) is 1. The molecule has 5 nitrogen and oxygen atoms in total. The molecule has 0 aliphatic carbocycles. The second-order valence-electron chi connectivity index (χ2n) is 4.13. The highest BCUT2D eigenvalue weighted by atomic mass is 32.2. The van der Waals surface area contributed by atoms with E-state index in [1.165, 1.54) is 0 Å². The molecule has 1 aliphatic rings. The minimum absolute atomic E-state index is 0.0451. The quantitative estimate of drug-likeness (QED) is 0.915. The van der Waals surface area contributed by atoms with Crippen molar-refractivity contribution in [2.24, 2.45) is 0 Å². The van der Waals surface area contributed by atoms with Crippen LogP contribution >= 0.6 is 11.8 Å². The fraction of sp³-hybridized carbons (Fsp3) is 0.462. The van der Waals surface area contributed by atoms with Gasteiger partial charge in [-0.1, -0.05) is 0 Å². The van der Waals surface area contributed by atoms with Gasteiger partial charge in [0.1, 0.15) is 5.37 Å². The normalized spacial score (nSPS) is 22.0. The number of carbonyl (C=O) groups is 1. The lowest BCUT2D eigenvalue weighted by Gasteiger charge is -2.16. The first-order valence-electron chi connectivity index (χ1n) is 5.86. The Morgan fingerprint density at radius 2 is 1.68 bits per heavy atom. The van der Waals surface area contributed by atoms with Crippen LogP contribution in [0.1, 0.15) is 17.9 Å². The van der Waals surface area contributed by atoms with Gasteiger partial charge < -0.3 is 19.5 Å². The molecule has 1 heterocycles. The zero-order valence-electron chi connectivity index (χ0n) is 11.4. The number of benzene rings is 1. The highest BCUT2D eigenvalue weighted by Gasteiger charge is 2.31. The van der Waals surface area contributed by atoms with Crippen molar-refractivity contribution in [3.8, 4) is 17.2 Å². The standard InChI is InChI=1S/C13H17NO4S/c1-7-12(15)14-13(19-7)8-5-9(16-2)11(18-4)10(6-8)17-3/h5-7,13H,1-4H3,(H,14,15)/t7-,13+/m0/s1. The minimum atomic E-state index is -0.0868. The van der Waals surface area contributed by atoms with E-state index in [2.05, 4.69) is 5.32 Å². The summed E-state index contributed by atoms with van der Waals surface area (Å²) in [7, 11) is 4.71. The van der Waals surface area contributed by atoms with Crippen LogP contribution in [-0.4, -0.2) is 32.5 Å². The SMILES string of the molecule is COc1cc([C@@H]2NC(=O)[C@H](C)S2)cc(OC)c1OC. The van der Waals surface area contributed by atoms with E-state index in [1.807, 2.05) is 19.1 Å². The van der Waals surface area contributed by atoms with E-state index >= 15 is 0 Å². The Hall–Kier alpha value is -1.56. The Morgan fingerprint density at radius 3 is 2.05 bits per heavy atom. The van der Waals surface area contributed by atoms with Gasteiger partial charge in [0.05, 0.1) is 26.6 Å². The molecule has 1 aliphatic heterocycles. The van der Waals surface area contributed by atoms with Gasteiger partial charge in [0.25, 0.3) is 0 Å². The van der Waals surface area contributed by atoms with Crippen molar-refractivity contribution in [2.75, 3.05) is 21.3 Å². The zero-order valence-corrected chi connectivity index (χ0v) is 12.2. The lowest BCUT2D eigenvalue weighted by molar-refractivity contribution is -0.119. The van der Waals surface area contributed by atoms with Crippen molar-refractivity contribution >= 4 is 17.7 Å². The predicted molar refractivity (Wildman–Crippen MR) is 74.0 cm³/mol. The molecule has 6 heteroatoms. The summed E-state index contributed by atoms with van der Waals surface area (Å²) in [6.07, 6.45) is 0. The lowest BCUT2D eigenvalue weighted by atomic mass is 10.1. The maximum atomic E-state index is 11.6. The number of nitrogens with one attached hydrogen (secondary N) is 1. The number of amides is 1. The van der Waals surface area contributed by atoms with Crippen LogP contribution in [0.2, 0.25) is 0 Å². The monoisotopic (exact) mass is 283 g/mol. The molecule has 0 bridgehead atoms. The summed E-state index contributed by atoms with van der Waals surface area (Å²) < 4.78 is 15.9. The van der Waals surface area contributed by atoms with E-state index < -0.39 is 0 Å². The van der Waals surface area contributed by atoms with E-state index in [4.69, 9.17) is 14.2 Å². The molecule has 1 fully saturated rings. The van der Waals surface area contributed by atoms with Gasteiger partial charge in [0, 0.05) is 0 Å². The molecular weight excluding hydrogens is 266 g/mol. The third kappa shape index (κ3) is 2.58. The molecule has 1 N–H and O–H groups in total. The summed E-state index contributed by atoms with van der Waals surface area (Å²) in [5.74, 6) is 1.78. The molecule has 2 rings (SSSR count). The van der Waals surface area contributed by atoms with Crippen LogP contribution in [0.15, 0.2) is 12.1 Å². The minimum Gasteiger partial charge on any atom is -0.493 e. The van der Waals surface area contributed by atoms with Gasteiger partial charge in [-0.15, -0.1) is 11.8 Å². The average Bonchev–Trinajstić information content (AvgIpc) is 2.76. The van der Waals surface area contributed by atoms with E-state index in [1.54, 1.807) is 33.1 Å². The van der Waals surface area contributed by atoms with Crippen LogP contribution in [0.25, 0.3) is 0 Å². The summed E-state index contributed by atoms with van der Waals surface area (Å²) in [6.45, 7) is 1.89. The Balaban J connectivity index is 2.39. The van der Waals surface area contributed by atoms with Crippen LogP contribution in [0.3, 0.4) is 0 Å². The highest BCUT2D eigenvalue weighted by Crippen LogP contribution is 2.43. The van der Waals surface area contributed by atoms with Crippen molar-refractivity contribution in [3.63, 3.8) is 0 Å². The van der Waals surface area contributed by atoms with Gasteiger partial charge in [0.15, 0.2) is 11.5 Å². The summed E-state index contributed by atoms with van der Waals surface area (Å²) in [5.41, 5.74) is 0.928. The third-order valence-corrected chi connectivity index (χ3v) is 4.26. The molecule has 0 spiro atoms. The maximum Gasteiger partial charge on any atom is 0.234 e. The number of ether oxygens (including phenoxy) is 3. The molecule has 1 aromatic rings. The Labute approximate surface area is 116 Å². The Kier molecular flexibility index (Phi) is 4.09. The summed E-state index contributed by atoms with van der Waals surface area (Å²) in [4.78, 5) is 11.6. The van der Waals surface area contributed by atoms with Crippen LogP contribution in [0, 0.1) is 0 Å². The Morgan fingerprint density at radius 1 is 1.11 bits per heavy atom. The Bertz CT molecular complexity index is 467. The fourth-order valence-electron chi connectivity index (χ4n) is 1.96. The molecule has 0 unspecified atom stereocenters. The molecule has 0 radical (unpaired) electrons. The smallest absolute Gasteiger partial charge is 0.234 e. The second-order valence-corrected chi connectivity index (χ2v) is 5.58. The lowest BCUT2D eigenvalue weighted by Crippen LogP contribution is -2.22. The molecule has 19 heavy (non-hydrogen) atoms. The first-order valence-corrected chi connectivity index (χ1v) is 6.80. The average molecular weight is 283 g/mol. The van der Waals surface area contributed by atoms with Crippen LogP contribution in [0.5, 0.6) is 17.2 Å². The molecular formula is C13H17NO4S. The van der Waals surface area contributed by atoms with E-state index in [0.717, 1.165) is 5.56 Å². The first kappa shape index (κ1) is 13.9. The van der Waals surface area contributed by atoms with Gasteiger partial charge >= 0.3 is 0 Å². The van der Waals surface area contributed by atoms with Gasteiger partial charge in [-0.3, -0.25) is 4.79 Å². The maximum absolute atomic E-state index is 11.6. The van der Waals surface area contributed by atoms with Gasteiger partial charge in [0.2, 0.25) is 11.7 Å². The van der Waals surface area contributed by atoms with E-state index in [-0.39, 0.29) is 16.5 Å². The number of rotatable bonds is 4. The first-order chi connectivity index (χ1) is 9.10. The van der Waals surface area contributed by atoms with Crippen LogP contribution < -0.4 is 19.5 Å². The van der Waals surface area contributed by atoms with Crippen molar-refractivity contribution in [1.29, 1.82) is 0 Å². The van der Waals surface area contributed by atoms with Gasteiger partial charge in [-0.2, -0.15) is 0 Å². The van der Waals surface area contributed by atoms with Crippen LogP contribution in [-0.2, 0) is 4.79 Å². The molecule has 1 aromatic carbocycles. The zero-order chi connectivity index (χ0) is 14.0. The topological polar surface area (TPSA) is 56.8 Å². The molecule has 1 saturated heterocycles. The third-order valence-electron chi connectivity index (χ3n) is 2.97. The van der Waals surface area contributed by atoms with E-state index in [0.29, 0.717) is 17.2 Å². The highest BCUT2D eigenvalue weighted by molar-refractivity contribution is 8.01. The summed E-state index contributed by atoms with van der Waals surface area (Å²) >= 11 is 1.57. The van der Waals surface area contributed by atoms with Crippen molar-refractivity contribution in [1.82, 2.24) is 5.32 Å². The number of carbonyl (C=O) groups excluding carboxylic acids is 1. The molecule has 2 atom stereocenters.